The second-order valence-corrected chi connectivity index (χ2v) is 7.69. The van der Waals surface area contributed by atoms with Crippen LogP contribution in [0.4, 0.5) is 10.1 Å². The van der Waals surface area contributed by atoms with E-state index >= 15 is 0 Å². The standard InChI is InChI=1S/C22H14BrFN4O/c23-16-9-5-14(6-10-16)20-13-28(27-26-20)22(15-7-11-17(24)12-8-15)18-3-1-2-4-19(18)25-21(22)29/h1-13H,(H,25,29)/t22-/m0/s1. The number of nitrogens with one attached hydrogen (secondary N) is 1. The first-order valence-corrected chi connectivity index (χ1v) is 9.74. The van der Waals surface area contributed by atoms with E-state index in [0.29, 0.717) is 16.9 Å². The van der Waals surface area contributed by atoms with Gasteiger partial charge in [0.2, 0.25) is 0 Å². The van der Waals surface area contributed by atoms with Crippen molar-refractivity contribution in [1.29, 1.82) is 0 Å². The van der Waals surface area contributed by atoms with Crippen LogP contribution >= 0.6 is 15.9 Å². The highest BCUT2D eigenvalue weighted by atomic mass is 79.9. The molecular weight excluding hydrogens is 435 g/mol. The summed E-state index contributed by atoms with van der Waals surface area (Å²) in [6.45, 7) is 0. The van der Waals surface area contributed by atoms with Crippen molar-refractivity contribution >= 4 is 27.5 Å². The van der Waals surface area contributed by atoms with Crippen LogP contribution in [-0.4, -0.2) is 20.9 Å². The number of hydrogen-bond donors (Lipinski definition) is 1. The zero-order valence-electron chi connectivity index (χ0n) is 15.0. The Labute approximate surface area is 174 Å². The molecular formula is C22H14BrFN4O. The van der Waals surface area contributed by atoms with Gasteiger partial charge in [-0.25, -0.2) is 9.07 Å². The van der Waals surface area contributed by atoms with Crippen molar-refractivity contribution < 1.29 is 9.18 Å². The maximum atomic E-state index is 13.6. The third-order valence-electron chi connectivity index (χ3n) is 5.13. The third-order valence-corrected chi connectivity index (χ3v) is 5.66. The lowest BCUT2D eigenvalue weighted by Gasteiger charge is -2.28. The van der Waals surface area contributed by atoms with Gasteiger partial charge in [-0.15, -0.1) is 5.10 Å². The molecule has 0 fully saturated rings. The maximum absolute atomic E-state index is 13.6. The largest absolute Gasteiger partial charge is 0.323 e. The Balaban J connectivity index is 1.74. The highest BCUT2D eigenvalue weighted by molar-refractivity contribution is 9.10. The number of aromatic nitrogens is 3. The van der Waals surface area contributed by atoms with Crippen molar-refractivity contribution in [1.82, 2.24) is 15.0 Å². The van der Waals surface area contributed by atoms with Gasteiger partial charge in [0.15, 0.2) is 5.54 Å². The Kier molecular flexibility index (Phi) is 4.06. The number of rotatable bonds is 3. The number of fused-ring (bicyclic) bond motifs is 1. The Morgan fingerprint density at radius 3 is 2.45 bits per heavy atom. The molecule has 7 heteroatoms. The SMILES string of the molecule is O=C1Nc2ccccc2[C@]1(c1ccc(F)cc1)n1cc(-c2ccc(Br)cc2)nn1. The molecule has 0 spiro atoms. The van der Waals surface area contributed by atoms with E-state index in [1.807, 2.05) is 48.5 Å². The summed E-state index contributed by atoms with van der Waals surface area (Å²) in [6, 6.07) is 21.0. The molecule has 29 heavy (non-hydrogen) atoms. The van der Waals surface area contributed by atoms with Crippen molar-refractivity contribution in [3.63, 3.8) is 0 Å². The van der Waals surface area contributed by atoms with Gasteiger partial charge in [0.1, 0.15) is 11.5 Å². The van der Waals surface area contributed by atoms with Gasteiger partial charge in [-0.2, -0.15) is 0 Å². The maximum Gasteiger partial charge on any atom is 0.261 e. The summed E-state index contributed by atoms with van der Waals surface area (Å²) in [6.07, 6.45) is 1.74. The van der Waals surface area contributed by atoms with E-state index in [2.05, 4.69) is 31.6 Å². The minimum atomic E-state index is -1.27. The van der Waals surface area contributed by atoms with Gasteiger partial charge in [0, 0.05) is 21.3 Å². The molecule has 5 rings (SSSR count). The summed E-state index contributed by atoms with van der Waals surface area (Å²) in [5.41, 5.74) is 2.28. The molecule has 1 aromatic heterocycles. The fourth-order valence-electron chi connectivity index (χ4n) is 3.76. The molecule has 1 amide bonds. The zero-order chi connectivity index (χ0) is 20.0. The number of para-hydroxylation sites is 1. The smallest absolute Gasteiger partial charge is 0.261 e. The molecule has 2 heterocycles. The topological polar surface area (TPSA) is 59.8 Å². The van der Waals surface area contributed by atoms with Crippen LogP contribution in [0.1, 0.15) is 11.1 Å². The van der Waals surface area contributed by atoms with Crippen molar-refractivity contribution in [3.8, 4) is 11.3 Å². The summed E-state index contributed by atoms with van der Waals surface area (Å²) >= 11 is 3.42. The first-order valence-electron chi connectivity index (χ1n) is 8.95. The predicted molar refractivity (Wildman–Crippen MR) is 111 cm³/mol. The average Bonchev–Trinajstić information content (AvgIpc) is 3.32. The zero-order valence-corrected chi connectivity index (χ0v) is 16.6. The summed E-state index contributed by atoms with van der Waals surface area (Å²) in [5.74, 6) is -0.637. The molecule has 0 bridgehead atoms. The molecule has 4 aromatic rings. The Bertz CT molecular complexity index is 1220. The number of carbonyl (C=O) groups excluding carboxylic acids is 1. The van der Waals surface area contributed by atoms with Crippen LogP contribution in [0, 0.1) is 5.82 Å². The molecule has 1 N–H and O–H groups in total. The number of anilines is 1. The molecule has 0 saturated carbocycles. The molecule has 5 nitrogen and oxygen atoms in total. The van der Waals surface area contributed by atoms with Crippen LogP contribution < -0.4 is 5.32 Å². The van der Waals surface area contributed by atoms with Crippen molar-refractivity contribution in [2.45, 2.75) is 5.54 Å². The van der Waals surface area contributed by atoms with Crippen molar-refractivity contribution in [2.24, 2.45) is 0 Å². The average molecular weight is 449 g/mol. The van der Waals surface area contributed by atoms with Gasteiger partial charge in [-0.05, 0) is 35.9 Å². The Morgan fingerprint density at radius 1 is 0.966 bits per heavy atom. The van der Waals surface area contributed by atoms with Gasteiger partial charge in [-0.3, -0.25) is 4.79 Å². The van der Waals surface area contributed by atoms with E-state index in [9.17, 15) is 9.18 Å². The highest BCUT2D eigenvalue weighted by Gasteiger charge is 2.51. The molecule has 0 radical (unpaired) electrons. The quantitative estimate of drug-likeness (QED) is 0.498. The Morgan fingerprint density at radius 2 is 1.69 bits per heavy atom. The fraction of sp³-hybridized carbons (Fsp3) is 0.0455. The minimum absolute atomic E-state index is 0.266. The predicted octanol–water partition coefficient (Wildman–Crippen LogP) is 4.59. The van der Waals surface area contributed by atoms with E-state index in [-0.39, 0.29) is 11.7 Å². The lowest BCUT2D eigenvalue weighted by molar-refractivity contribution is -0.120. The van der Waals surface area contributed by atoms with E-state index in [1.165, 1.54) is 12.1 Å². The van der Waals surface area contributed by atoms with E-state index in [0.717, 1.165) is 15.6 Å². The van der Waals surface area contributed by atoms with Gasteiger partial charge in [-0.1, -0.05) is 63.6 Å². The second kappa shape index (κ2) is 6.63. The molecule has 0 saturated heterocycles. The van der Waals surface area contributed by atoms with Crippen LogP contribution in [0.3, 0.4) is 0 Å². The summed E-state index contributed by atoms with van der Waals surface area (Å²) in [5, 5.41) is 11.5. The number of nitrogens with zero attached hydrogens (tertiary/aromatic N) is 3. The number of hydrogen-bond acceptors (Lipinski definition) is 3. The number of halogens is 2. The fourth-order valence-corrected chi connectivity index (χ4v) is 4.03. The van der Waals surface area contributed by atoms with Gasteiger partial charge in [0.25, 0.3) is 5.91 Å². The van der Waals surface area contributed by atoms with Gasteiger partial charge >= 0.3 is 0 Å². The van der Waals surface area contributed by atoms with Crippen LogP contribution in [-0.2, 0) is 10.3 Å². The van der Waals surface area contributed by atoms with Gasteiger partial charge in [0.05, 0.1) is 6.20 Å². The summed E-state index contributed by atoms with van der Waals surface area (Å²) in [7, 11) is 0. The molecule has 1 aliphatic heterocycles. The van der Waals surface area contributed by atoms with Crippen LogP contribution in [0.25, 0.3) is 11.3 Å². The van der Waals surface area contributed by atoms with Crippen LogP contribution in [0.5, 0.6) is 0 Å². The number of carbonyl (C=O) groups is 1. The van der Waals surface area contributed by atoms with E-state index < -0.39 is 5.54 Å². The lowest BCUT2D eigenvalue weighted by atomic mass is 9.84. The summed E-state index contributed by atoms with van der Waals surface area (Å²) in [4.78, 5) is 13.3. The van der Waals surface area contributed by atoms with Crippen LogP contribution in [0.2, 0.25) is 0 Å². The molecule has 1 atom stereocenters. The normalized spacial score (nSPS) is 17.8. The molecule has 3 aromatic carbocycles. The lowest BCUT2D eigenvalue weighted by Crippen LogP contribution is -2.43. The van der Waals surface area contributed by atoms with E-state index in [1.54, 1.807) is 23.0 Å². The minimum Gasteiger partial charge on any atom is -0.323 e. The molecule has 142 valence electrons. The molecule has 1 aliphatic rings. The number of amides is 1. The van der Waals surface area contributed by atoms with Crippen molar-refractivity contribution in [3.05, 3.63) is 100 Å². The van der Waals surface area contributed by atoms with Gasteiger partial charge < -0.3 is 5.32 Å². The first kappa shape index (κ1) is 17.8. The second-order valence-electron chi connectivity index (χ2n) is 6.77. The molecule has 0 aliphatic carbocycles. The highest BCUT2D eigenvalue weighted by Crippen LogP contribution is 2.43. The van der Waals surface area contributed by atoms with Crippen molar-refractivity contribution in [2.75, 3.05) is 5.32 Å². The molecule has 0 unspecified atom stereocenters. The summed E-state index contributed by atoms with van der Waals surface area (Å²) < 4.78 is 16.1. The third kappa shape index (κ3) is 2.69. The van der Waals surface area contributed by atoms with E-state index in [4.69, 9.17) is 0 Å². The monoisotopic (exact) mass is 448 g/mol. The Hall–Kier alpha value is -3.32. The first-order chi connectivity index (χ1) is 14.1. The number of benzene rings is 3. The van der Waals surface area contributed by atoms with Crippen LogP contribution in [0.15, 0.2) is 83.5 Å².